The van der Waals surface area contributed by atoms with Gasteiger partial charge in [0.15, 0.2) is 0 Å². The van der Waals surface area contributed by atoms with E-state index in [1.165, 1.54) is 18.7 Å². The third kappa shape index (κ3) is 2.45. The first-order valence-corrected chi connectivity index (χ1v) is 8.28. The normalized spacial score (nSPS) is 12.4. The van der Waals surface area contributed by atoms with Crippen LogP contribution in [0.3, 0.4) is 0 Å². The van der Waals surface area contributed by atoms with Crippen LogP contribution < -0.4 is 0 Å². The Hall–Kier alpha value is -2.88. The van der Waals surface area contributed by atoms with Crippen molar-refractivity contribution < 1.29 is 13.9 Å². The van der Waals surface area contributed by atoms with Gasteiger partial charge in [0.1, 0.15) is 11.5 Å². The number of benzene rings is 2. The molecular weight excluding hydrogens is 317 g/mol. The molecule has 126 valence electrons. The van der Waals surface area contributed by atoms with E-state index < -0.39 is 5.97 Å². The van der Waals surface area contributed by atoms with Crippen molar-refractivity contribution >= 4 is 5.97 Å². The summed E-state index contributed by atoms with van der Waals surface area (Å²) in [4.78, 5) is 15.5. The number of aromatic amines is 1. The van der Waals surface area contributed by atoms with Crippen molar-refractivity contribution in [3.8, 4) is 22.4 Å². The molecule has 4 rings (SSSR count). The molecule has 0 atom stereocenters. The molecule has 0 fully saturated rings. The molecule has 0 unspecified atom stereocenters. The molecule has 1 N–H and O–H groups in total. The first kappa shape index (κ1) is 15.6. The molecule has 1 aromatic heterocycles. The van der Waals surface area contributed by atoms with Crippen LogP contribution in [-0.2, 0) is 17.6 Å². The van der Waals surface area contributed by atoms with Gasteiger partial charge in [-0.25, -0.2) is 9.18 Å². The van der Waals surface area contributed by atoms with Crippen LogP contribution in [0, 0.1) is 12.7 Å². The summed E-state index contributed by atoms with van der Waals surface area (Å²) in [6.07, 6.45) is 1.62. The van der Waals surface area contributed by atoms with Gasteiger partial charge < -0.3 is 9.72 Å². The molecule has 0 amide bonds. The molecule has 25 heavy (non-hydrogen) atoms. The van der Waals surface area contributed by atoms with Crippen molar-refractivity contribution in [2.24, 2.45) is 0 Å². The Balaban J connectivity index is 2.01. The van der Waals surface area contributed by atoms with Crippen LogP contribution in [0.2, 0.25) is 0 Å². The fourth-order valence-corrected chi connectivity index (χ4v) is 3.64. The topological polar surface area (TPSA) is 42.1 Å². The summed E-state index contributed by atoms with van der Waals surface area (Å²) < 4.78 is 19.6. The van der Waals surface area contributed by atoms with Crippen LogP contribution >= 0.6 is 0 Å². The third-order valence-electron chi connectivity index (χ3n) is 4.82. The van der Waals surface area contributed by atoms with Crippen molar-refractivity contribution in [1.29, 1.82) is 0 Å². The highest BCUT2D eigenvalue weighted by molar-refractivity contribution is 5.99. The van der Waals surface area contributed by atoms with Crippen LogP contribution in [0.1, 0.15) is 27.2 Å². The largest absolute Gasteiger partial charge is 0.464 e. The molecular formula is C21H18FNO2. The average molecular weight is 335 g/mol. The first-order chi connectivity index (χ1) is 12.1. The molecule has 1 heterocycles. The minimum Gasteiger partial charge on any atom is -0.464 e. The summed E-state index contributed by atoms with van der Waals surface area (Å²) in [5, 5.41) is 0. The molecule has 0 spiro atoms. The molecule has 3 nitrogen and oxygen atoms in total. The molecule has 1 aliphatic rings. The number of hydrogen-bond donors (Lipinski definition) is 1. The lowest BCUT2D eigenvalue weighted by atomic mass is 9.86. The van der Waals surface area contributed by atoms with Crippen LogP contribution in [-0.4, -0.2) is 18.1 Å². The maximum absolute atomic E-state index is 14.7. The van der Waals surface area contributed by atoms with Gasteiger partial charge in [0.2, 0.25) is 0 Å². The van der Waals surface area contributed by atoms with Gasteiger partial charge in [0, 0.05) is 16.7 Å². The quantitative estimate of drug-likeness (QED) is 0.691. The second kappa shape index (κ2) is 5.88. The van der Waals surface area contributed by atoms with Crippen LogP contribution in [0.25, 0.3) is 22.4 Å². The Labute approximate surface area is 145 Å². The van der Waals surface area contributed by atoms with Crippen LogP contribution in [0.4, 0.5) is 4.39 Å². The maximum atomic E-state index is 14.7. The molecule has 0 aliphatic heterocycles. The van der Waals surface area contributed by atoms with E-state index in [2.05, 4.69) is 11.1 Å². The SMILES string of the molecule is COC(=O)c1[nH]c2c(c1-c1ccc(C)cc1F)CCc1ccccc1-2. The Morgan fingerprint density at radius 3 is 2.68 bits per heavy atom. The van der Waals surface area contributed by atoms with Crippen molar-refractivity contribution in [2.45, 2.75) is 19.8 Å². The summed E-state index contributed by atoms with van der Waals surface area (Å²) in [7, 11) is 1.34. The van der Waals surface area contributed by atoms with Gasteiger partial charge in [-0.1, -0.05) is 36.4 Å². The van der Waals surface area contributed by atoms with E-state index in [4.69, 9.17) is 4.74 Å². The average Bonchev–Trinajstić information content (AvgIpc) is 3.01. The number of nitrogens with one attached hydrogen (secondary N) is 1. The molecule has 0 bridgehead atoms. The Bertz CT molecular complexity index is 988. The molecule has 3 aromatic rings. The van der Waals surface area contributed by atoms with Crippen molar-refractivity contribution in [3.05, 3.63) is 70.7 Å². The first-order valence-electron chi connectivity index (χ1n) is 8.28. The monoisotopic (exact) mass is 335 g/mol. The van der Waals surface area contributed by atoms with Gasteiger partial charge in [-0.3, -0.25) is 0 Å². The zero-order valence-corrected chi connectivity index (χ0v) is 14.2. The summed E-state index contributed by atoms with van der Waals surface area (Å²) >= 11 is 0. The number of carbonyl (C=O) groups excluding carboxylic acids is 1. The number of H-pyrrole nitrogens is 1. The third-order valence-corrected chi connectivity index (χ3v) is 4.82. The standard InChI is InChI=1S/C21H18FNO2/c1-12-7-9-15(17(22)11-12)18-16-10-8-13-5-3-4-6-14(13)19(16)23-20(18)21(24)25-2/h3-7,9,11,23H,8,10H2,1-2H3. The predicted molar refractivity (Wildman–Crippen MR) is 95.1 cm³/mol. The van der Waals surface area contributed by atoms with Gasteiger partial charge in [0.25, 0.3) is 0 Å². The number of aryl methyl sites for hydroxylation is 2. The Morgan fingerprint density at radius 1 is 1.12 bits per heavy atom. The molecule has 2 aromatic carbocycles. The van der Waals surface area contributed by atoms with E-state index in [-0.39, 0.29) is 5.82 Å². The van der Waals surface area contributed by atoms with Gasteiger partial charge in [-0.05, 0) is 42.5 Å². The minimum absolute atomic E-state index is 0.312. The summed E-state index contributed by atoms with van der Waals surface area (Å²) in [5.41, 5.74) is 6.36. The second-order valence-corrected chi connectivity index (χ2v) is 6.36. The van der Waals surface area contributed by atoms with Gasteiger partial charge in [-0.15, -0.1) is 0 Å². The number of methoxy groups -OCH3 is 1. The highest BCUT2D eigenvalue weighted by Crippen LogP contribution is 2.41. The molecule has 0 saturated carbocycles. The van der Waals surface area contributed by atoms with Crippen molar-refractivity contribution in [2.75, 3.05) is 7.11 Å². The number of carbonyl (C=O) groups is 1. The smallest absolute Gasteiger partial charge is 0.355 e. The summed E-state index contributed by atoms with van der Waals surface area (Å²) in [6, 6.07) is 13.2. The van der Waals surface area contributed by atoms with E-state index >= 15 is 0 Å². The van der Waals surface area contributed by atoms with E-state index in [1.54, 1.807) is 6.07 Å². The highest BCUT2D eigenvalue weighted by Gasteiger charge is 2.29. The van der Waals surface area contributed by atoms with E-state index in [9.17, 15) is 9.18 Å². The van der Waals surface area contributed by atoms with Gasteiger partial charge in [-0.2, -0.15) is 0 Å². The van der Waals surface area contributed by atoms with Crippen LogP contribution in [0.15, 0.2) is 42.5 Å². The fourth-order valence-electron chi connectivity index (χ4n) is 3.64. The lowest BCUT2D eigenvalue weighted by Gasteiger charge is -2.17. The lowest BCUT2D eigenvalue weighted by molar-refractivity contribution is 0.0596. The Morgan fingerprint density at radius 2 is 1.92 bits per heavy atom. The summed E-state index contributed by atoms with van der Waals surface area (Å²) in [5.74, 6) is -0.812. The van der Waals surface area contributed by atoms with Gasteiger partial charge >= 0.3 is 5.97 Å². The van der Waals surface area contributed by atoms with Crippen molar-refractivity contribution in [1.82, 2.24) is 4.98 Å². The zero-order chi connectivity index (χ0) is 17.6. The zero-order valence-electron chi connectivity index (χ0n) is 14.2. The molecule has 0 saturated heterocycles. The number of fused-ring (bicyclic) bond motifs is 3. The summed E-state index contributed by atoms with van der Waals surface area (Å²) in [6.45, 7) is 1.84. The molecule has 1 aliphatic carbocycles. The van der Waals surface area contributed by atoms with E-state index in [1.807, 2.05) is 31.2 Å². The van der Waals surface area contributed by atoms with E-state index in [0.29, 0.717) is 16.8 Å². The predicted octanol–water partition coefficient (Wildman–Crippen LogP) is 4.68. The number of aromatic nitrogens is 1. The fraction of sp³-hybridized carbons (Fsp3) is 0.190. The molecule has 0 radical (unpaired) electrons. The maximum Gasteiger partial charge on any atom is 0.355 e. The van der Waals surface area contributed by atoms with E-state index in [0.717, 1.165) is 35.2 Å². The minimum atomic E-state index is -0.484. The van der Waals surface area contributed by atoms with Crippen LogP contribution in [0.5, 0.6) is 0 Å². The number of halogens is 1. The number of ether oxygens (including phenoxy) is 1. The molecule has 4 heteroatoms. The Kier molecular flexibility index (Phi) is 3.68. The number of hydrogen-bond acceptors (Lipinski definition) is 2. The highest BCUT2D eigenvalue weighted by atomic mass is 19.1. The van der Waals surface area contributed by atoms with Gasteiger partial charge in [0.05, 0.1) is 12.8 Å². The second-order valence-electron chi connectivity index (χ2n) is 6.36. The number of rotatable bonds is 2. The number of esters is 1. The van der Waals surface area contributed by atoms with Crippen molar-refractivity contribution in [3.63, 3.8) is 0 Å². The lowest BCUT2D eigenvalue weighted by Crippen LogP contribution is -2.05.